The lowest BCUT2D eigenvalue weighted by Crippen LogP contribution is -1.97. The summed E-state index contributed by atoms with van der Waals surface area (Å²) < 4.78 is 0. The summed E-state index contributed by atoms with van der Waals surface area (Å²) in [5.74, 6) is 0. The van der Waals surface area contributed by atoms with Gasteiger partial charge in [0.05, 0.1) is 12.1 Å². The molecule has 0 aliphatic carbocycles. The summed E-state index contributed by atoms with van der Waals surface area (Å²) in [6, 6.07) is 0. The number of hydrogen-bond donors (Lipinski definition) is 0. The van der Waals surface area contributed by atoms with Gasteiger partial charge in [-0.2, -0.15) is 0 Å². The maximum Gasteiger partial charge on any atom is 0.0544 e. The molecule has 0 aromatic carbocycles. The van der Waals surface area contributed by atoms with E-state index in [0.717, 1.165) is 11.8 Å². The van der Waals surface area contributed by atoms with Gasteiger partial charge in [0.2, 0.25) is 0 Å². The summed E-state index contributed by atoms with van der Waals surface area (Å²) in [4.78, 5) is 4.07. The van der Waals surface area contributed by atoms with E-state index in [1.807, 2.05) is 31.2 Å². The Morgan fingerprint density at radius 1 is 1.33 bits per heavy atom. The first kappa shape index (κ1) is 14.5. The molecule has 1 heterocycles. The quantitative estimate of drug-likeness (QED) is 0.607. The molecule has 1 atom stereocenters. The highest BCUT2D eigenvalue weighted by molar-refractivity contribution is 8.12. The van der Waals surface area contributed by atoms with Gasteiger partial charge in [0.1, 0.15) is 0 Å². The van der Waals surface area contributed by atoms with Gasteiger partial charge in [-0.15, -0.1) is 11.8 Å². The summed E-state index contributed by atoms with van der Waals surface area (Å²) in [5, 5.41) is 0.792. The number of thioether (sulfide) groups is 1. The molecule has 0 saturated heterocycles. The van der Waals surface area contributed by atoms with Crippen LogP contribution in [0.15, 0.2) is 4.99 Å². The van der Waals surface area contributed by atoms with Gasteiger partial charge in [-0.25, -0.2) is 0 Å². The van der Waals surface area contributed by atoms with Crippen LogP contribution in [0, 0.1) is 0 Å². The van der Waals surface area contributed by atoms with Crippen LogP contribution in [0.5, 0.6) is 0 Å². The molecule has 0 N–H and O–H groups in total. The van der Waals surface area contributed by atoms with E-state index in [1.165, 1.54) is 12.8 Å². The third kappa shape index (κ3) is 10.0. The lowest BCUT2D eigenvalue weighted by Gasteiger charge is -1.97. The van der Waals surface area contributed by atoms with E-state index in [-0.39, 0.29) is 0 Å². The first-order valence-corrected chi connectivity index (χ1v) is 5.93. The van der Waals surface area contributed by atoms with E-state index in [1.54, 1.807) is 0 Å². The smallest absolute Gasteiger partial charge is 0.0544 e. The lowest BCUT2D eigenvalue weighted by molar-refractivity contribution is 0.844. The van der Waals surface area contributed by atoms with Crippen molar-refractivity contribution in [3.63, 3.8) is 0 Å². The maximum atomic E-state index is 4.07. The van der Waals surface area contributed by atoms with E-state index >= 15 is 0 Å². The SMILES string of the molecule is CC.CCC.CCC1CN=CS1. The second-order valence-corrected chi connectivity index (χ2v) is 3.49. The molecule has 1 rings (SSSR count). The molecule has 0 bridgehead atoms. The second-order valence-electron chi connectivity index (χ2n) is 2.34. The van der Waals surface area contributed by atoms with Gasteiger partial charge in [-0.05, 0) is 6.42 Å². The van der Waals surface area contributed by atoms with Crippen molar-refractivity contribution in [3.05, 3.63) is 0 Å². The normalized spacial score (nSPS) is 18.9. The van der Waals surface area contributed by atoms with E-state index in [9.17, 15) is 0 Å². The molecule has 1 unspecified atom stereocenters. The molecule has 0 aromatic rings. The molecule has 0 spiro atoms. The van der Waals surface area contributed by atoms with Gasteiger partial charge in [0.25, 0.3) is 0 Å². The van der Waals surface area contributed by atoms with Gasteiger partial charge in [-0.1, -0.05) is 41.0 Å². The average Bonchev–Trinajstić information content (AvgIpc) is 2.61. The minimum atomic E-state index is 0.792. The Balaban J connectivity index is 0. The summed E-state index contributed by atoms with van der Waals surface area (Å²) in [5.41, 5.74) is 1.95. The van der Waals surface area contributed by atoms with Crippen LogP contribution in [0.25, 0.3) is 0 Å². The highest BCUT2D eigenvalue weighted by Crippen LogP contribution is 2.16. The highest BCUT2D eigenvalue weighted by Gasteiger charge is 2.07. The molecule has 0 aromatic heterocycles. The number of rotatable bonds is 1. The third-order valence-corrected chi connectivity index (χ3v) is 2.23. The second kappa shape index (κ2) is 13.6. The van der Waals surface area contributed by atoms with Crippen LogP contribution in [-0.4, -0.2) is 17.3 Å². The molecule has 1 aliphatic heterocycles. The van der Waals surface area contributed by atoms with Gasteiger partial charge < -0.3 is 0 Å². The average molecular weight is 189 g/mol. The van der Waals surface area contributed by atoms with Gasteiger partial charge in [0.15, 0.2) is 0 Å². The van der Waals surface area contributed by atoms with Crippen molar-refractivity contribution in [1.29, 1.82) is 0 Å². The molecule has 1 aliphatic rings. The Kier molecular flexibility index (Phi) is 16.5. The molecule has 12 heavy (non-hydrogen) atoms. The largest absolute Gasteiger partial charge is 0.285 e. The fourth-order valence-electron chi connectivity index (χ4n) is 0.558. The number of nitrogens with zero attached hydrogens (tertiary/aromatic N) is 1. The van der Waals surface area contributed by atoms with Crippen molar-refractivity contribution < 1.29 is 0 Å². The summed E-state index contributed by atoms with van der Waals surface area (Å²) in [7, 11) is 0. The molecular weight excluding hydrogens is 166 g/mol. The van der Waals surface area contributed by atoms with Crippen LogP contribution in [0.4, 0.5) is 0 Å². The third-order valence-electron chi connectivity index (χ3n) is 1.09. The van der Waals surface area contributed by atoms with Crippen LogP contribution >= 0.6 is 11.8 Å². The molecule has 2 heteroatoms. The van der Waals surface area contributed by atoms with Crippen LogP contribution in [0.1, 0.15) is 47.5 Å². The molecule has 74 valence electrons. The maximum absolute atomic E-state index is 4.07. The molecule has 0 amide bonds. The Morgan fingerprint density at radius 3 is 2.00 bits per heavy atom. The minimum Gasteiger partial charge on any atom is -0.285 e. The van der Waals surface area contributed by atoms with Crippen molar-refractivity contribution >= 4 is 17.3 Å². The van der Waals surface area contributed by atoms with Crippen molar-refractivity contribution in [2.24, 2.45) is 4.99 Å². The van der Waals surface area contributed by atoms with E-state index < -0.39 is 0 Å². The highest BCUT2D eigenvalue weighted by atomic mass is 32.2. The minimum absolute atomic E-state index is 0.792. The van der Waals surface area contributed by atoms with Crippen LogP contribution in [0.3, 0.4) is 0 Å². The van der Waals surface area contributed by atoms with Crippen molar-refractivity contribution in [1.82, 2.24) is 0 Å². The Hall–Kier alpha value is 0.0200. The molecular formula is C10H23NS. The topological polar surface area (TPSA) is 12.4 Å². The fraction of sp³-hybridized carbons (Fsp3) is 0.900. The predicted octanol–water partition coefficient (Wildman–Crippen LogP) is 3.98. The first-order chi connectivity index (χ1) is 5.85. The zero-order valence-electron chi connectivity index (χ0n) is 9.13. The van der Waals surface area contributed by atoms with E-state index in [0.29, 0.717) is 0 Å². The van der Waals surface area contributed by atoms with E-state index in [2.05, 4.69) is 25.8 Å². The Morgan fingerprint density at radius 2 is 1.83 bits per heavy atom. The standard InChI is InChI=1S/C5H9NS.C3H8.C2H6/c1-2-5-3-6-4-7-5;1-3-2;1-2/h4-5H,2-3H2,1H3;3H2,1-2H3;1-2H3. The van der Waals surface area contributed by atoms with Gasteiger partial charge in [-0.3, -0.25) is 4.99 Å². The van der Waals surface area contributed by atoms with Crippen LogP contribution < -0.4 is 0 Å². The molecule has 0 fully saturated rings. The molecule has 0 saturated carbocycles. The van der Waals surface area contributed by atoms with Crippen molar-refractivity contribution in [2.75, 3.05) is 6.54 Å². The van der Waals surface area contributed by atoms with E-state index in [4.69, 9.17) is 0 Å². The van der Waals surface area contributed by atoms with Crippen LogP contribution in [0.2, 0.25) is 0 Å². The first-order valence-electron chi connectivity index (χ1n) is 4.98. The zero-order valence-corrected chi connectivity index (χ0v) is 9.95. The number of aliphatic imine (C=N–C) groups is 1. The summed E-state index contributed by atoms with van der Waals surface area (Å²) in [6.07, 6.45) is 2.50. The molecule has 1 nitrogen and oxygen atoms in total. The van der Waals surface area contributed by atoms with Gasteiger partial charge >= 0.3 is 0 Å². The van der Waals surface area contributed by atoms with Crippen molar-refractivity contribution in [2.45, 2.75) is 52.7 Å². The monoisotopic (exact) mass is 189 g/mol. The van der Waals surface area contributed by atoms with Crippen LogP contribution in [-0.2, 0) is 0 Å². The number of hydrogen-bond acceptors (Lipinski definition) is 2. The fourth-order valence-corrected chi connectivity index (χ4v) is 1.27. The Bertz CT molecular complexity index is 83.8. The summed E-state index contributed by atoms with van der Waals surface area (Å²) in [6.45, 7) is 11.5. The van der Waals surface area contributed by atoms with Gasteiger partial charge in [0, 0.05) is 5.25 Å². The zero-order chi connectivity index (χ0) is 9.82. The Labute approximate surface area is 82.0 Å². The summed E-state index contributed by atoms with van der Waals surface area (Å²) >= 11 is 1.85. The lowest BCUT2D eigenvalue weighted by atomic mass is 10.3. The van der Waals surface area contributed by atoms with Crippen molar-refractivity contribution in [3.8, 4) is 0 Å². The molecule has 0 radical (unpaired) electrons. The predicted molar refractivity (Wildman–Crippen MR) is 62.3 cm³/mol.